The van der Waals surface area contributed by atoms with E-state index in [4.69, 9.17) is 5.73 Å². The first-order chi connectivity index (χ1) is 6.27. The van der Waals surface area contributed by atoms with Crippen molar-refractivity contribution in [2.24, 2.45) is 0 Å². The average molecular weight is 174 g/mol. The van der Waals surface area contributed by atoms with Crippen LogP contribution in [0.3, 0.4) is 0 Å². The van der Waals surface area contributed by atoms with Crippen molar-refractivity contribution in [3.63, 3.8) is 0 Å². The molecular weight excluding hydrogens is 164 g/mol. The largest absolute Gasteiger partial charge is 0.397 e. The lowest BCUT2D eigenvalue weighted by molar-refractivity contribution is 0.966. The lowest BCUT2D eigenvalue weighted by Gasteiger charge is -2.04. The van der Waals surface area contributed by atoms with Crippen LogP contribution in [0.5, 0.6) is 0 Å². The molecule has 0 amide bonds. The summed E-state index contributed by atoms with van der Waals surface area (Å²) in [6.07, 6.45) is 7.01. The summed E-state index contributed by atoms with van der Waals surface area (Å²) in [5.41, 5.74) is 7.22. The second kappa shape index (κ2) is 2.90. The zero-order valence-corrected chi connectivity index (χ0v) is 7.31. The van der Waals surface area contributed by atoms with Gasteiger partial charge in [0.2, 0.25) is 0 Å². The van der Waals surface area contributed by atoms with Crippen molar-refractivity contribution < 1.29 is 0 Å². The maximum atomic E-state index is 5.62. The van der Waals surface area contributed by atoms with Gasteiger partial charge in [-0.15, -0.1) is 0 Å². The van der Waals surface area contributed by atoms with Crippen LogP contribution in [0.1, 0.15) is 5.82 Å². The minimum atomic E-state index is 0.658. The Morgan fingerprint density at radius 3 is 2.85 bits per heavy atom. The Hall–Kier alpha value is -1.84. The summed E-state index contributed by atoms with van der Waals surface area (Å²) in [7, 11) is 0. The van der Waals surface area contributed by atoms with Crippen molar-refractivity contribution in [2.45, 2.75) is 6.92 Å². The van der Waals surface area contributed by atoms with E-state index in [0.29, 0.717) is 5.69 Å². The molecule has 2 N–H and O–H groups in total. The minimum Gasteiger partial charge on any atom is -0.397 e. The SMILES string of the molecule is Cc1nccn1-c1cncc(N)c1. The fraction of sp³-hybridized carbons (Fsp3) is 0.111. The molecule has 0 fully saturated rings. The number of hydrogen-bond donors (Lipinski definition) is 1. The lowest BCUT2D eigenvalue weighted by Crippen LogP contribution is -1.97. The minimum absolute atomic E-state index is 0.658. The Morgan fingerprint density at radius 1 is 1.38 bits per heavy atom. The average Bonchev–Trinajstić information content (AvgIpc) is 2.51. The summed E-state index contributed by atoms with van der Waals surface area (Å²) in [6.45, 7) is 1.93. The van der Waals surface area contributed by atoms with Crippen LogP contribution in [0.4, 0.5) is 5.69 Å². The first-order valence-electron chi connectivity index (χ1n) is 3.98. The summed E-state index contributed by atoms with van der Waals surface area (Å²) >= 11 is 0. The van der Waals surface area contributed by atoms with Crippen molar-refractivity contribution >= 4 is 5.69 Å². The Balaban J connectivity index is 2.53. The van der Waals surface area contributed by atoms with Gasteiger partial charge in [-0.1, -0.05) is 0 Å². The van der Waals surface area contributed by atoms with E-state index in [0.717, 1.165) is 11.5 Å². The number of imidazole rings is 1. The Morgan fingerprint density at radius 2 is 2.23 bits per heavy atom. The molecule has 4 heteroatoms. The van der Waals surface area contributed by atoms with Gasteiger partial charge in [-0.2, -0.15) is 0 Å². The molecule has 66 valence electrons. The van der Waals surface area contributed by atoms with E-state index in [1.165, 1.54) is 0 Å². The lowest BCUT2D eigenvalue weighted by atomic mass is 10.4. The highest BCUT2D eigenvalue weighted by atomic mass is 15.1. The normalized spacial score (nSPS) is 10.2. The van der Waals surface area contributed by atoms with Crippen LogP contribution in [0.25, 0.3) is 5.69 Å². The Bertz CT molecular complexity index is 419. The van der Waals surface area contributed by atoms with Crippen molar-refractivity contribution in [1.82, 2.24) is 14.5 Å². The van der Waals surface area contributed by atoms with Gasteiger partial charge < -0.3 is 10.3 Å². The van der Waals surface area contributed by atoms with Gasteiger partial charge in [0, 0.05) is 18.6 Å². The van der Waals surface area contributed by atoms with Crippen LogP contribution in [-0.4, -0.2) is 14.5 Å². The fourth-order valence-electron chi connectivity index (χ4n) is 1.23. The molecule has 2 aromatic rings. The molecule has 2 heterocycles. The maximum absolute atomic E-state index is 5.62. The number of aryl methyl sites for hydroxylation is 1. The fourth-order valence-corrected chi connectivity index (χ4v) is 1.23. The number of anilines is 1. The number of nitrogens with two attached hydrogens (primary N) is 1. The molecule has 2 aromatic heterocycles. The van der Waals surface area contributed by atoms with E-state index in [9.17, 15) is 0 Å². The number of hydrogen-bond acceptors (Lipinski definition) is 3. The van der Waals surface area contributed by atoms with Gasteiger partial charge in [0.15, 0.2) is 0 Å². The highest BCUT2D eigenvalue weighted by Gasteiger charge is 1.99. The standard InChI is InChI=1S/C9H10N4/c1-7-12-2-3-13(7)9-4-8(10)5-11-6-9/h2-6H,10H2,1H3. The van der Waals surface area contributed by atoms with Crippen molar-refractivity contribution in [3.8, 4) is 5.69 Å². The van der Waals surface area contributed by atoms with Crippen LogP contribution in [0, 0.1) is 6.92 Å². The highest BCUT2D eigenvalue weighted by molar-refractivity contribution is 5.44. The van der Waals surface area contributed by atoms with Crippen LogP contribution in [0.2, 0.25) is 0 Å². The summed E-state index contributed by atoms with van der Waals surface area (Å²) < 4.78 is 1.93. The van der Waals surface area contributed by atoms with E-state index in [1.54, 1.807) is 18.6 Å². The van der Waals surface area contributed by atoms with Crippen LogP contribution in [0.15, 0.2) is 30.9 Å². The molecule has 13 heavy (non-hydrogen) atoms. The molecule has 0 saturated carbocycles. The molecule has 0 atom stereocenters. The van der Waals surface area contributed by atoms with Gasteiger partial charge in [0.05, 0.1) is 17.6 Å². The summed E-state index contributed by atoms with van der Waals surface area (Å²) in [5, 5.41) is 0. The maximum Gasteiger partial charge on any atom is 0.110 e. The van der Waals surface area contributed by atoms with Crippen molar-refractivity contribution in [3.05, 3.63) is 36.7 Å². The molecule has 0 aliphatic heterocycles. The zero-order valence-electron chi connectivity index (χ0n) is 7.31. The molecule has 0 radical (unpaired) electrons. The third-order valence-corrected chi connectivity index (χ3v) is 1.85. The second-order valence-electron chi connectivity index (χ2n) is 2.82. The molecule has 0 spiro atoms. The number of pyridine rings is 1. The number of nitrogens with zero attached hydrogens (tertiary/aromatic N) is 3. The van der Waals surface area contributed by atoms with E-state index >= 15 is 0 Å². The Kier molecular flexibility index (Phi) is 1.73. The monoisotopic (exact) mass is 174 g/mol. The van der Waals surface area contributed by atoms with Crippen LogP contribution in [-0.2, 0) is 0 Å². The van der Waals surface area contributed by atoms with Crippen LogP contribution >= 0.6 is 0 Å². The van der Waals surface area contributed by atoms with E-state index in [1.807, 2.05) is 23.8 Å². The topological polar surface area (TPSA) is 56.7 Å². The van der Waals surface area contributed by atoms with Crippen molar-refractivity contribution in [1.29, 1.82) is 0 Å². The quantitative estimate of drug-likeness (QED) is 0.705. The summed E-state index contributed by atoms with van der Waals surface area (Å²) in [6, 6.07) is 1.86. The molecule has 2 rings (SSSR count). The zero-order chi connectivity index (χ0) is 9.26. The van der Waals surface area contributed by atoms with Crippen LogP contribution < -0.4 is 5.73 Å². The first-order valence-corrected chi connectivity index (χ1v) is 3.98. The molecule has 0 saturated heterocycles. The molecule has 0 aliphatic carbocycles. The number of nitrogen functional groups attached to an aromatic ring is 1. The van der Waals surface area contributed by atoms with Gasteiger partial charge in [-0.05, 0) is 13.0 Å². The highest BCUT2D eigenvalue weighted by Crippen LogP contribution is 2.11. The van der Waals surface area contributed by atoms with Crippen molar-refractivity contribution in [2.75, 3.05) is 5.73 Å². The predicted molar refractivity (Wildman–Crippen MR) is 50.5 cm³/mol. The smallest absolute Gasteiger partial charge is 0.110 e. The summed E-state index contributed by atoms with van der Waals surface area (Å²) in [4.78, 5) is 8.12. The van der Waals surface area contributed by atoms with Gasteiger partial charge in [0.25, 0.3) is 0 Å². The third-order valence-electron chi connectivity index (χ3n) is 1.85. The molecule has 0 aromatic carbocycles. The predicted octanol–water partition coefficient (Wildman–Crippen LogP) is 1.16. The summed E-state index contributed by atoms with van der Waals surface area (Å²) in [5.74, 6) is 0.924. The Labute approximate surface area is 76.1 Å². The number of aromatic nitrogens is 3. The van der Waals surface area contributed by atoms with Gasteiger partial charge in [0.1, 0.15) is 5.82 Å². The van der Waals surface area contributed by atoms with E-state index in [2.05, 4.69) is 9.97 Å². The van der Waals surface area contributed by atoms with E-state index in [-0.39, 0.29) is 0 Å². The first kappa shape index (κ1) is 7.79. The molecule has 4 nitrogen and oxygen atoms in total. The molecule has 0 unspecified atom stereocenters. The van der Waals surface area contributed by atoms with Gasteiger partial charge >= 0.3 is 0 Å². The number of rotatable bonds is 1. The molecule has 0 bridgehead atoms. The van der Waals surface area contributed by atoms with E-state index < -0.39 is 0 Å². The van der Waals surface area contributed by atoms with Gasteiger partial charge in [-0.3, -0.25) is 4.98 Å². The van der Waals surface area contributed by atoms with Gasteiger partial charge in [-0.25, -0.2) is 4.98 Å². The molecular formula is C9H10N4. The molecule has 0 aliphatic rings. The second-order valence-corrected chi connectivity index (χ2v) is 2.82. The third kappa shape index (κ3) is 1.38.